The van der Waals surface area contributed by atoms with Crippen LogP contribution in [0.4, 0.5) is 13.2 Å². The van der Waals surface area contributed by atoms with Crippen LogP contribution in [0.1, 0.15) is 10.5 Å². The first-order chi connectivity index (χ1) is 7.33. The SMILES string of the molecule is COC(=O)c1ccc(Cl)c(OC(F)(F)F)n1. The molecule has 0 unspecified atom stereocenters. The number of nitrogens with zero attached hydrogens (tertiary/aromatic N) is 1. The van der Waals surface area contributed by atoms with Gasteiger partial charge < -0.3 is 9.47 Å². The summed E-state index contributed by atoms with van der Waals surface area (Å²) in [5.74, 6) is -1.78. The van der Waals surface area contributed by atoms with E-state index >= 15 is 0 Å². The van der Waals surface area contributed by atoms with Crippen LogP contribution < -0.4 is 4.74 Å². The summed E-state index contributed by atoms with van der Waals surface area (Å²) in [7, 11) is 1.07. The molecule has 0 amide bonds. The standard InChI is InChI=1S/C8H5ClF3NO3/c1-15-7(14)5-3-2-4(9)6(13-5)16-8(10,11)12/h2-3H,1H3. The van der Waals surface area contributed by atoms with Gasteiger partial charge in [0, 0.05) is 0 Å². The Balaban J connectivity index is 3.04. The number of methoxy groups -OCH3 is 1. The first-order valence-electron chi connectivity index (χ1n) is 3.84. The van der Waals surface area contributed by atoms with Crippen molar-refractivity contribution >= 4 is 17.6 Å². The number of rotatable bonds is 2. The summed E-state index contributed by atoms with van der Waals surface area (Å²) < 4.78 is 43.5. The monoisotopic (exact) mass is 255 g/mol. The van der Waals surface area contributed by atoms with Crippen molar-refractivity contribution in [3.05, 3.63) is 22.8 Å². The van der Waals surface area contributed by atoms with Crippen LogP contribution in [0.3, 0.4) is 0 Å². The molecule has 8 heteroatoms. The summed E-state index contributed by atoms with van der Waals surface area (Å²) in [5.41, 5.74) is -0.328. The zero-order chi connectivity index (χ0) is 12.3. The molecule has 0 spiro atoms. The largest absolute Gasteiger partial charge is 0.574 e. The lowest BCUT2D eigenvalue weighted by Crippen LogP contribution is -2.19. The van der Waals surface area contributed by atoms with Crippen molar-refractivity contribution < 1.29 is 27.4 Å². The third kappa shape index (κ3) is 3.27. The number of aromatic nitrogens is 1. The molecule has 16 heavy (non-hydrogen) atoms. The van der Waals surface area contributed by atoms with Crippen LogP contribution in [0.5, 0.6) is 5.88 Å². The smallest absolute Gasteiger partial charge is 0.464 e. The van der Waals surface area contributed by atoms with Crippen LogP contribution in [0.15, 0.2) is 12.1 Å². The van der Waals surface area contributed by atoms with Crippen molar-refractivity contribution in [3.63, 3.8) is 0 Å². The Morgan fingerprint density at radius 3 is 2.56 bits per heavy atom. The van der Waals surface area contributed by atoms with Crippen LogP contribution in [0.25, 0.3) is 0 Å². The molecule has 0 radical (unpaired) electrons. The first-order valence-corrected chi connectivity index (χ1v) is 4.22. The van der Waals surface area contributed by atoms with Gasteiger partial charge in [0.25, 0.3) is 0 Å². The lowest BCUT2D eigenvalue weighted by molar-refractivity contribution is -0.276. The molecule has 0 fully saturated rings. The van der Waals surface area contributed by atoms with E-state index in [2.05, 4.69) is 14.5 Å². The van der Waals surface area contributed by atoms with Crippen LogP contribution in [0, 0.1) is 0 Å². The van der Waals surface area contributed by atoms with Crippen molar-refractivity contribution in [2.75, 3.05) is 7.11 Å². The van der Waals surface area contributed by atoms with Crippen LogP contribution in [0.2, 0.25) is 5.02 Å². The lowest BCUT2D eigenvalue weighted by Gasteiger charge is -2.09. The second-order valence-corrected chi connectivity index (χ2v) is 2.93. The third-order valence-electron chi connectivity index (χ3n) is 1.42. The first kappa shape index (κ1) is 12.6. The fourth-order valence-electron chi connectivity index (χ4n) is 0.823. The molecule has 0 aliphatic carbocycles. The topological polar surface area (TPSA) is 48.4 Å². The Morgan fingerprint density at radius 1 is 1.44 bits per heavy atom. The Labute approximate surface area is 92.9 Å². The highest BCUT2D eigenvalue weighted by Gasteiger charge is 2.33. The van der Waals surface area contributed by atoms with Crippen LogP contribution >= 0.6 is 11.6 Å². The maximum absolute atomic E-state index is 11.9. The van der Waals surface area contributed by atoms with E-state index in [1.807, 2.05) is 0 Å². The molecule has 0 aromatic carbocycles. The van der Waals surface area contributed by atoms with E-state index < -0.39 is 18.2 Å². The summed E-state index contributed by atoms with van der Waals surface area (Å²) >= 11 is 5.41. The summed E-state index contributed by atoms with van der Waals surface area (Å²) in [6, 6.07) is 2.18. The molecule has 88 valence electrons. The third-order valence-corrected chi connectivity index (χ3v) is 1.71. The van der Waals surface area contributed by atoms with Gasteiger partial charge in [0.05, 0.1) is 7.11 Å². The maximum Gasteiger partial charge on any atom is 0.574 e. The fraction of sp³-hybridized carbons (Fsp3) is 0.250. The minimum Gasteiger partial charge on any atom is -0.464 e. The van der Waals surface area contributed by atoms with E-state index in [1.54, 1.807) is 0 Å². The number of carbonyl (C=O) groups is 1. The van der Waals surface area contributed by atoms with Crippen LogP contribution in [-0.2, 0) is 4.74 Å². The van der Waals surface area contributed by atoms with Gasteiger partial charge in [-0.05, 0) is 12.1 Å². The minimum absolute atomic E-state index is 0.328. The number of alkyl halides is 3. The average molecular weight is 256 g/mol. The molecule has 1 heterocycles. The van der Waals surface area contributed by atoms with Gasteiger partial charge in [-0.1, -0.05) is 11.6 Å². The zero-order valence-corrected chi connectivity index (χ0v) is 8.59. The number of ether oxygens (including phenoxy) is 2. The molecule has 0 saturated carbocycles. The molecule has 0 aliphatic heterocycles. The van der Waals surface area contributed by atoms with Gasteiger partial charge in [0.15, 0.2) is 5.69 Å². The van der Waals surface area contributed by atoms with Gasteiger partial charge in [0.1, 0.15) is 5.02 Å². The predicted octanol–water partition coefficient (Wildman–Crippen LogP) is 2.42. The molecule has 1 aromatic rings. The number of esters is 1. The summed E-state index contributed by atoms with van der Waals surface area (Å²) in [5, 5.41) is -0.357. The highest BCUT2D eigenvalue weighted by atomic mass is 35.5. The number of hydrogen-bond acceptors (Lipinski definition) is 4. The van der Waals surface area contributed by atoms with Gasteiger partial charge >= 0.3 is 12.3 Å². The van der Waals surface area contributed by atoms with E-state index in [9.17, 15) is 18.0 Å². The van der Waals surface area contributed by atoms with E-state index in [4.69, 9.17) is 11.6 Å². The quantitative estimate of drug-likeness (QED) is 0.762. The molecular formula is C8H5ClF3NO3. The summed E-state index contributed by atoms with van der Waals surface area (Å²) in [6.07, 6.45) is -4.93. The van der Waals surface area contributed by atoms with Gasteiger partial charge in [-0.3, -0.25) is 0 Å². The highest BCUT2D eigenvalue weighted by Crippen LogP contribution is 2.28. The minimum atomic E-state index is -4.93. The average Bonchev–Trinajstić information content (AvgIpc) is 2.18. The van der Waals surface area contributed by atoms with E-state index in [-0.39, 0.29) is 10.7 Å². The Kier molecular flexibility index (Phi) is 3.58. The van der Waals surface area contributed by atoms with E-state index in [0.29, 0.717) is 0 Å². The van der Waals surface area contributed by atoms with Crippen LogP contribution in [-0.4, -0.2) is 24.4 Å². The molecule has 0 atom stereocenters. The van der Waals surface area contributed by atoms with Gasteiger partial charge in [0.2, 0.25) is 5.88 Å². The van der Waals surface area contributed by atoms with E-state index in [0.717, 1.165) is 19.2 Å². The van der Waals surface area contributed by atoms with Gasteiger partial charge in [-0.25, -0.2) is 9.78 Å². The Morgan fingerprint density at radius 2 is 2.06 bits per heavy atom. The normalized spacial score (nSPS) is 11.1. The van der Waals surface area contributed by atoms with Gasteiger partial charge in [-0.2, -0.15) is 0 Å². The second-order valence-electron chi connectivity index (χ2n) is 2.52. The Bertz CT molecular complexity index is 408. The van der Waals surface area contributed by atoms with E-state index in [1.165, 1.54) is 0 Å². The van der Waals surface area contributed by atoms with Crippen molar-refractivity contribution in [2.45, 2.75) is 6.36 Å². The van der Waals surface area contributed by atoms with Crippen molar-refractivity contribution in [2.24, 2.45) is 0 Å². The maximum atomic E-state index is 11.9. The zero-order valence-electron chi connectivity index (χ0n) is 7.84. The van der Waals surface area contributed by atoms with Crippen molar-refractivity contribution in [1.82, 2.24) is 4.98 Å². The summed E-state index contributed by atoms with van der Waals surface area (Å²) in [4.78, 5) is 14.3. The molecule has 0 aliphatic rings. The molecule has 4 nitrogen and oxygen atoms in total. The number of hydrogen-bond donors (Lipinski definition) is 0. The predicted molar refractivity (Wildman–Crippen MR) is 47.3 cm³/mol. The number of carbonyl (C=O) groups excluding carboxylic acids is 1. The highest BCUT2D eigenvalue weighted by molar-refractivity contribution is 6.31. The number of pyridine rings is 1. The molecule has 1 aromatic heterocycles. The van der Waals surface area contributed by atoms with Gasteiger partial charge in [-0.15, -0.1) is 13.2 Å². The van der Waals surface area contributed by atoms with Crippen molar-refractivity contribution in [1.29, 1.82) is 0 Å². The fourth-order valence-corrected chi connectivity index (χ4v) is 0.967. The molecular weight excluding hydrogens is 251 g/mol. The summed E-state index contributed by atoms with van der Waals surface area (Å²) in [6.45, 7) is 0. The Hall–Kier alpha value is -1.50. The molecule has 0 bridgehead atoms. The molecule has 0 N–H and O–H groups in total. The molecule has 0 saturated heterocycles. The van der Waals surface area contributed by atoms with Crippen molar-refractivity contribution in [3.8, 4) is 5.88 Å². The molecule has 1 rings (SSSR count). The second kappa shape index (κ2) is 4.56. The number of halogens is 4. The lowest BCUT2D eigenvalue weighted by atomic mass is 10.3.